The minimum absolute atomic E-state index is 0.00615. The van der Waals surface area contributed by atoms with Crippen molar-refractivity contribution in [3.05, 3.63) is 53.3 Å². The molecular weight excluding hydrogens is 409 g/mol. The van der Waals surface area contributed by atoms with Crippen molar-refractivity contribution in [2.24, 2.45) is 0 Å². The summed E-state index contributed by atoms with van der Waals surface area (Å²) in [5, 5.41) is 3.78. The number of carbonyl (C=O) groups excluding carboxylic acids is 2. The maximum absolute atomic E-state index is 13.6. The summed E-state index contributed by atoms with van der Waals surface area (Å²) < 4.78 is 41.5. The summed E-state index contributed by atoms with van der Waals surface area (Å²) in [5.41, 5.74) is -0.288. The van der Waals surface area contributed by atoms with Crippen LogP contribution in [0.5, 0.6) is 0 Å². The largest absolute Gasteiger partial charge is 0.433 e. The third-order valence-electron chi connectivity index (χ3n) is 5.40. The number of aryl methyl sites for hydroxylation is 1. The lowest BCUT2D eigenvalue weighted by Crippen LogP contribution is -2.50. The monoisotopic (exact) mass is 436 g/mol. The van der Waals surface area contributed by atoms with Crippen molar-refractivity contribution in [3.8, 4) is 0 Å². The van der Waals surface area contributed by atoms with Gasteiger partial charge < -0.3 is 9.80 Å². The third-order valence-corrected chi connectivity index (χ3v) is 5.40. The van der Waals surface area contributed by atoms with Gasteiger partial charge >= 0.3 is 6.18 Å². The number of hydrogen-bond acceptors (Lipinski definition) is 3. The Balaban J connectivity index is 1.56. The lowest BCUT2D eigenvalue weighted by molar-refractivity contribution is -0.145. The molecule has 1 saturated heterocycles. The van der Waals surface area contributed by atoms with Crippen LogP contribution in [-0.4, -0.2) is 57.6 Å². The van der Waals surface area contributed by atoms with E-state index in [1.165, 1.54) is 10.5 Å². The first-order valence-corrected chi connectivity index (χ1v) is 10.4. The molecule has 9 heteroatoms. The molecule has 1 aliphatic heterocycles. The van der Waals surface area contributed by atoms with Gasteiger partial charge in [0.25, 0.3) is 5.91 Å². The second-order valence-electron chi connectivity index (χ2n) is 7.96. The van der Waals surface area contributed by atoms with Crippen LogP contribution in [0.3, 0.4) is 0 Å². The van der Waals surface area contributed by atoms with Gasteiger partial charge in [0.15, 0.2) is 5.69 Å². The van der Waals surface area contributed by atoms with Gasteiger partial charge in [0.1, 0.15) is 0 Å². The van der Waals surface area contributed by atoms with Crippen molar-refractivity contribution < 1.29 is 22.8 Å². The minimum atomic E-state index is -4.68. The van der Waals surface area contributed by atoms with E-state index in [1.54, 1.807) is 18.7 Å². The molecule has 31 heavy (non-hydrogen) atoms. The molecule has 0 N–H and O–H groups in total. The van der Waals surface area contributed by atoms with Gasteiger partial charge in [-0.2, -0.15) is 18.3 Å². The van der Waals surface area contributed by atoms with E-state index in [4.69, 9.17) is 0 Å². The zero-order valence-corrected chi connectivity index (χ0v) is 17.7. The van der Waals surface area contributed by atoms with Crippen LogP contribution in [0.2, 0.25) is 0 Å². The van der Waals surface area contributed by atoms with Crippen molar-refractivity contribution in [1.29, 1.82) is 0 Å². The topological polar surface area (TPSA) is 58.4 Å². The Labute approximate surface area is 179 Å². The second kappa shape index (κ2) is 9.53. The van der Waals surface area contributed by atoms with Crippen LogP contribution in [0.15, 0.2) is 36.5 Å². The molecule has 6 nitrogen and oxygen atoms in total. The van der Waals surface area contributed by atoms with Gasteiger partial charge in [-0.15, -0.1) is 0 Å². The van der Waals surface area contributed by atoms with Crippen LogP contribution in [0, 0.1) is 0 Å². The van der Waals surface area contributed by atoms with Crippen LogP contribution in [-0.2, 0) is 17.4 Å². The molecule has 0 unspecified atom stereocenters. The Morgan fingerprint density at radius 2 is 1.65 bits per heavy atom. The van der Waals surface area contributed by atoms with Crippen molar-refractivity contribution >= 4 is 11.8 Å². The molecule has 0 atom stereocenters. The average Bonchev–Trinajstić information content (AvgIpc) is 3.20. The molecule has 2 heterocycles. The molecule has 2 amide bonds. The average molecular weight is 436 g/mol. The van der Waals surface area contributed by atoms with E-state index in [0.29, 0.717) is 19.5 Å². The number of amides is 2. The standard InChI is InChI=1S/C22H27F3N4O2/c1-16(2)29-20(22(23,24)25)18(15-26-29)21(31)28-13-11-27(12-14-28)19(30)10-6-9-17-7-4-3-5-8-17/h3-5,7-8,15-16H,6,9-14H2,1-2H3. The quantitative estimate of drug-likeness (QED) is 0.692. The Morgan fingerprint density at radius 1 is 1.03 bits per heavy atom. The third kappa shape index (κ3) is 5.45. The predicted octanol–water partition coefficient (Wildman–Crippen LogP) is 3.79. The fraction of sp³-hybridized carbons (Fsp3) is 0.500. The van der Waals surface area contributed by atoms with Crippen LogP contribution in [0.25, 0.3) is 0 Å². The summed E-state index contributed by atoms with van der Waals surface area (Å²) in [5.74, 6) is -0.693. The number of alkyl halides is 3. The molecule has 1 aromatic carbocycles. The fourth-order valence-corrected chi connectivity index (χ4v) is 3.77. The van der Waals surface area contributed by atoms with E-state index in [-0.39, 0.29) is 19.0 Å². The smallest absolute Gasteiger partial charge is 0.339 e. The molecule has 1 fully saturated rings. The van der Waals surface area contributed by atoms with Crippen LogP contribution in [0.4, 0.5) is 13.2 Å². The zero-order chi connectivity index (χ0) is 22.6. The van der Waals surface area contributed by atoms with Crippen LogP contribution < -0.4 is 0 Å². The van der Waals surface area contributed by atoms with Gasteiger partial charge in [0.05, 0.1) is 11.8 Å². The number of benzene rings is 1. The van der Waals surface area contributed by atoms with Gasteiger partial charge in [-0.1, -0.05) is 30.3 Å². The molecule has 3 rings (SSSR count). The Hall–Kier alpha value is -2.84. The first-order chi connectivity index (χ1) is 14.7. The van der Waals surface area contributed by atoms with Gasteiger partial charge in [-0.3, -0.25) is 14.3 Å². The molecule has 168 valence electrons. The zero-order valence-electron chi connectivity index (χ0n) is 17.7. The molecule has 1 aliphatic rings. The van der Waals surface area contributed by atoms with E-state index < -0.39 is 29.4 Å². The van der Waals surface area contributed by atoms with Crippen molar-refractivity contribution in [3.63, 3.8) is 0 Å². The molecule has 0 spiro atoms. The SMILES string of the molecule is CC(C)n1ncc(C(=O)N2CCN(C(=O)CCCc3ccccc3)CC2)c1C(F)(F)F. The van der Waals surface area contributed by atoms with Gasteiger partial charge in [-0.05, 0) is 32.3 Å². The molecule has 0 saturated carbocycles. The molecule has 0 bridgehead atoms. The normalized spacial score (nSPS) is 14.9. The van der Waals surface area contributed by atoms with Crippen LogP contribution in [0.1, 0.15) is 54.3 Å². The summed E-state index contributed by atoms with van der Waals surface area (Å²) in [6.07, 6.45) is -1.74. The molecular formula is C22H27F3N4O2. The van der Waals surface area contributed by atoms with E-state index >= 15 is 0 Å². The number of piperazine rings is 1. The lowest BCUT2D eigenvalue weighted by Gasteiger charge is -2.35. The van der Waals surface area contributed by atoms with Crippen LogP contribution >= 0.6 is 0 Å². The Morgan fingerprint density at radius 3 is 2.23 bits per heavy atom. The van der Waals surface area contributed by atoms with E-state index in [1.807, 2.05) is 30.3 Å². The van der Waals surface area contributed by atoms with Gasteiger partial charge in [0.2, 0.25) is 5.91 Å². The number of nitrogens with zero attached hydrogens (tertiary/aromatic N) is 4. The second-order valence-corrected chi connectivity index (χ2v) is 7.96. The molecule has 0 radical (unpaired) electrons. The minimum Gasteiger partial charge on any atom is -0.339 e. The highest BCUT2D eigenvalue weighted by Gasteiger charge is 2.41. The number of hydrogen-bond donors (Lipinski definition) is 0. The highest BCUT2D eigenvalue weighted by atomic mass is 19.4. The number of halogens is 3. The first kappa shape index (κ1) is 22.8. The summed E-state index contributed by atoms with van der Waals surface area (Å²) >= 11 is 0. The predicted molar refractivity (Wildman–Crippen MR) is 109 cm³/mol. The van der Waals surface area contributed by atoms with Crippen molar-refractivity contribution in [2.75, 3.05) is 26.2 Å². The van der Waals surface area contributed by atoms with E-state index in [0.717, 1.165) is 23.7 Å². The summed E-state index contributed by atoms with van der Waals surface area (Å²) in [6.45, 7) is 4.20. The maximum Gasteiger partial charge on any atom is 0.433 e. The highest BCUT2D eigenvalue weighted by molar-refractivity contribution is 5.95. The maximum atomic E-state index is 13.6. The van der Waals surface area contributed by atoms with E-state index in [2.05, 4.69) is 5.10 Å². The van der Waals surface area contributed by atoms with Gasteiger partial charge in [0, 0.05) is 38.6 Å². The summed E-state index contributed by atoms with van der Waals surface area (Å²) in [4.78, 5) is 28.3. The molecule has 2 aromatic rings. The number of aromatic nitrogens is 2. The Bertz CT molecular complexity index is 901. The first-order valence-electron chi connectivity index (χ1n) is 10.4. The summed E-state index contributed by atoms with van der Waals surface area (Å²) in [6, 6.07) is 9.38. The summed E-state index contributed by atoms with van der Waals surface area (Å²) in [7, 11) is 0. The molecule has 1 aromatic heterocycles. The highest BCUT2D eigenvalue weighted by Crippen LogP contribution is 2.34. The van der Waals surface area contributed by atoms with Crippen molar-refractivity contribution in [1.82, 2.24) is 19.6 Å². The van der Waals surface area contributed by atoms with Crippen molar-refractivity contribution in [2.45, 2.75) is 45.3 Å². The number of carbonyl (C=O) groups is 2. The lowest BCUT2D eigenvalue weighted by atomic mass is 10.1. The molecule has 0 aliphatic carbocycles. The number of rotatable bonds is 6. The fourth-order valence-electron chi connectivity index (χ4n) is 3.77. The van der Waals surface area contributed by atoms with Gasteiger partial charge in [-0.25, -0.2) is 0 Å². The van der Waals surface area contributed by atoms with E-state index in [9.17, 15) is 22.8 Å². The Kier molecular flexibility index (Phi) is 7.02.